The Balaban J connectivity index is 3.32. The normalized spacial score (nSPS) is 10.8. The molecule has 0 spiro atoms. The lowest BCUT2D eigenvalue weighted by Crippen LogP contribution is -2.27. The molecule has 126 valence electrons. The van der Waals surface area contributed by atoms with Crippen LogP contribution in [-0.4, -0.2) is 36.1 Å². The van der Waals surface area contributed by atoms with Gasteiger partial charge in [0.15, 0.2) is 0 Å². The van der Waals surface area contributed by atoms with Crippen molar-refractivity contribution in [2.45, 2.75) is 90.4 Å². The molecule has 1 amide bonds. The molecular formula is C18H37NO2. The molecular weight excluding hydrogens is 262 g/mol. The molecule has 0 saturated carbocycles. The van der Waals surface area contributed by atoms with E-state index in [1.54, 1.807) is 0 Å². The Kier molecular flexibility index (Phi) is 15.4. The standard InChI is InChI=1S/C18H37NO2/c1-3-4-5-6-7-8-9-10-12-15-18(21)19(2)16-13-11-14-17-20/h20H,3-17H2,1-2H3. The average molecular weight is 299 g/mol. The van der Waals surface area contributed by atoms with Crippen LogP contribution in [0.1, 0.15) is 90.4 Å². The number of aliphatic hydroxyl groups is 1. The zero-order valence-electron chi connectivity index (χ0n) is 14.4. The van der Waals surface area contributed by atoms with Crippen LogP contribution in [0.4, 0.5) is 0 Å². The van der Waals surface area contributed by atoms with Gasteiger partial charge in [0.2, 0.25) is 5.91 Å². The second-order valence-corrected chi connectivity index (χ2v) is 6.18. The Morgan fingerprint density at radius 2 is 1.33 bits per heavy atom. The van der Waals surface area contributed by atoms with E-state index in [4.69, 9.17) is 5.11 Å². The summed E-state index contributed by atoms with van der Waals surface area (Å²) < 4.78 is 0. The van der Waals surface area contributed by atoms with Crippen molar-refractivity contribution in [3.63, 3.8) is 0 Å². The lowest BCUT2D eigenvalue weighted by Gasteiger charge is -2.16. The Bertz CT molecular complexity index is 231. The van der Waals surface area contributed by atoms with Crippen molar-refractivity contribution in [2.24, 2.45) is 0 Å². The number of hydrogen-bond donors (Lipinski definition) is 1. The van der Waals surface area contributed by atoms with Crippen molar-refractivity contribution in [3.8, 4) is 0 Å². The Morgan fingerprint density at radius 1 is 0.810 bits per heavy atom. The maximum absolute atomic E-state index is 11.9. The highest BCUT2D eigenvalue weighted by molar-refractivity contribution is 5.75. The second kappa shape index (κ2) is 15.8. The molecule has 0 aromatic carbocycles. The third-order valence-corrected chi connectivity index (χ3v) is 4.07. The van der Waals surface area contributed by atoms with E-state index in [-0.39, 0.29) is 12.5 Å². The van der Waals surface area contributed by atoms with Gasteiger partial charge in [-0.15, -0.1) is 0 Å². The van der Waals surface area contributed by atoms with Crippen molar-refractivity contribution < 1.29 is 9.90 Å². The fourth-order valence-electron chi connectivity index (χ4n) is 2.54. The molecule has 0 aliphatic heterocycles. The van der Waals surface area contributed by atoms with E-state index in [0.717, 1.165) is 32.2 Å². The molecule has 21 heavy (non-hydrogen) atoms. The van der Waals surface area contributed by atoms with E-state index in [2.05, 4.69) is 6.92 Å². The zero-order chi connectivity index (χ0) is 15.8. The summed E-state index contributed by atoms with van der Waals surface area (Å²) in [5.41, 5.74) is 0. The number of nitrogens with zero attached hydrogens (tertiary/aromatic N) is 1. The highest BCUT2D eigenvalue weighted by atomic mass is 16.2. The fourth-order valence-corrected chi connectivity index (χ4v) is 2.54. The number of amides is 1. The van der Waals surface area contributed by atoms with E-state index in [0.29, 0.717) is 6.42 Å². The maximum atomic E-state index is 11.9. The lowest BCUT2D eigenvalue weighted by molar-refractivity contribution is -0.130. The largest absolute Gasteiger partial charge is 0.396 e. The number of carbonyl (C=O) groups is 1. The molecule has 0 radical (unpaired) electrons. The molecule has 1 N–H and O–H groups in total. The quantitative estimate of drug-likeness (QED) is 0.451. The van der Waals surface area contributed by atoms with Gasteiger partial charge in [-0.1, -0.05) is 58.3 Å². The minimum atomic E-state index is 0.260. The molecule has 0 aromatic rings. The maximum Gasteiger partial charge on any atom is 0.222 e. The van der Waals surface area contributed by atoms with E-state index in [1.165, 1.54) is 51.4 Å². The Labute approximate surface area is 132 Å². The first kappa shape index (κ1) is 20.4. The lowest BCUT2D eigenvalue weighted by atomic mass is 10.1. The summed E-state index contributed by atoms with van der Waals surface area (Å²) >= 11 is 0. The van der Waals surface area contributed by atoms with Gasteiger partial charge in [0.05, 0.1) is 0 Å². The van der Waals surface area contributed by atoms with Crippen LogP contribution in [0.15, 0.2) is 0 Å². The van der Waals surface area contributed by atoms with Crippen LogP contribution in [0, 0.1) is 0 Å². The van der Waals surface area contributed by atoms with Gasteiger partial charge in [0, 0.05) is 26.6 Å². The van der Waals surface area contributed by atoms with Crippen molar-refractivity contribution in [1.29, 1.82) is 0 Å². The summed E-state index contributed by atoms with van der Waals surface area (Å²) in [5, 5.41) is 8.71. The fraction of sp³-hybridized carbons (Fsp3) is 0.944. The summed E-state index contributed by atoms with van der Waals surface area (Å²) in [5.74, 6) is 0.280. The second-order valence-electron chi connectivity index (χ2n) is 6.18. The van der Waals surface area contributed by atoms with Crippen molar-refractivity contribution in [3.05, 3.63) is 0 Å². The number of hydrogen-bond acceptors (Lipinski definition) is 2. The molecule has 0 aliphatic carbocycles. The van der Waals surface area contributed by atoms with Crippen LogP contribution in [0.2, 0.25) is 0 Å². The molecule has 0 heterocycles. The van der Waals surface area contributed by atoms with Crippen LogP contribution in [0.3, 0.4) is 0 Å². The zero-order valence-corrected chi connectivity index (χ0v) is 14.4. The predicted octanol–water partition coefficient (Wildman–Crippen LogP) is 4.53. The first-order chi connectivity index (χ1) is 10.2. The van der Waals surface area contributed by atoms with Crippen LogP contribution < -0.4 is 0 Å². The molecule has 0 saturated heterocycles. The first-order valence-corrected chi connectivity index (χ1v) is 9.07. The molecule has 0 rings (SSSR count). The molecule has 0 aromatic heterocycles. The molecule has 0 atom stereocenters. The summed E-state index contributed by atoms with van der Waals surface area (Å²) in [6.07, 6.45) is 15.2. The monoisotopic (exact) mass is 299 g/mol. The van der Waals surface area contributed by atoms with E-state index in [9.17, 15) is 4.79 Å². The van der Waals surface area contributed by atoms with Crippen LogP contribution in [-0.2, 0) is 4.79 Å². The summed E-state index contributed by atoms with van der Waals surface area (Å²) in [6.45, 7) is 3.34. The number of unbranched alkanes of at least 4 members (excludes halogenated alkanes) is 10. The Morgan fingerprint density at radius 3 is 1.90 bits per heavy atom. The molecule has 0 fully saturated rings. The van der Waals surface area contributed by atoms with Gasteiger partial charge < -0.3 is 10.0 Å². The number of aliphatic hydroxyl groups excluding tert-OH is 1. The van der Waals surface area contributed by atoms with Gasteiger partial charge in [0.1, 0.15) is 0 Å². The third kappa shape index (κ3) is 14.1. The smallest absolute Gasteiger partial charge is 0.222 e. The van der Waals surface area contributed by atoms with Crippen LogP contribution in [0.25, 0.3) is 0 Å². The summed E-state index contributed by atoms with van der Waals surface area (Å²) in [4.78, 5) is 13.7. The average Bonchev–Trinajstić information content (AvgIpc) is 2.49. The van der Waals surface area contributed by atoms with Crippen molar-refractivity contribution in [1.82, 2.24) is 4.90 Å². The number of rotatable bonds is 15. The van der Waals surface area contributed by atoms with Crippen LogP contribution in [0.5, 0.6) is 0 Å². The SMILES string of the molecule is CCCCCCCCCCCC(=O)N(C)CCCCCO. The summed E-state index contributed by atoms with van der Waals surface area (Å²) in [6, 6.07) is 0. The van der Waals surface area contributed by atoms with Gasteiger partial charge >= 0.3 is 0 Å². The van der Waals surface area contributed by atoms with Gasteiger partial charge in [0.25, 0.3) is 0 Å². The van der Waals surface area contributed by atoms with E-state index >= 15 is 0 Å². The molecule has 3 nitrogen and oxygen atoms in total. The minimum Gasteiger partial charge on any atom is -0.396 e. The van der Waals surface area contributed by atoms with Gasteiger partial charge in [-0.05, 0) is 25.7 Å². The molecule has 0 aliphatic rings. The highest BCUT2D eigenvalue weighted by Gasteiger charge is 2.07. The molecule has 3 heteroatoms. The van der Waals surface area contributed by atoms with Gasteiger partial charge in [-0.25, -0.2) is 0 Å². The predicted molar refractivity (Wildman–Crippen MR) is 90.4 cm³/mol. The highest BCUT2D eigenvalue weighted by Crippen LogP contribution is 2.11. The van der Waals surface area contributed by atoms with Gasteiger partial charge in [-0.2, -0.15) is 0 Å². The van der Waals surface area contributed by atoms with Crippen LogP contribution >= 0.6 is 0 Å². The minimum absolute atomic E-state index is 0.260. The topological polar surface area (TPSA) is 40.5 Å². The van der Waals surface area contributed by atoms with Gasteiger partial charge in [-0.3, -0.25) is 4.79 Å². The summed E-state index contributed by atoms with van der Waals surface area (Å²) in [7, 11) is 1.90. The third-order valence-electron chi connectivity index (χ3n) is 4.07. The first-order valence-electron chi connectivity index (χ1n) is 9.07. The molecule has 0 unspecified atom stereocenters. The van der Waals surface area contributed by atoms with Crippen molar-refractivity contribution >= 4 is 5.91 Å². The Hall–Kier alpha value is -0.570. The number of carbonyl (C=O) groups excluding carboxylic acids is 1. The molecule has 0 bridgehead atoms. The van der Waals surface area contributed by atoms with E-state index < -0.39 is 0 Å². The van der Waals surface area contributed by atoms with E-state index in [1.807, 2.05) is 11.9 Å². The van der Waals surface area contributed by atoms with Crippen molar-refractivity contribution in [2.75, 3.05) is 20.2 Å².